The summed E-state index contributed by atoms with van der Waals surface area (Å²) in [5.41, 5.74) is 0.0625. The molecule has 39 heavy (non-hydrogen) atoms. The van der Waals surface area contributed by atoms with Gasteiger partial charge >= 0.3 is 0 Å². The molecule has 3 aliphatic rings. The van der Waals surface area contributed by atoms with Crippen molar-refractivity contribution in [3.8, 4) is 0 Å². The Morgan fingerprint density at radius 2 is 1.62 bits per heavy atom. The lowest BCUT2D eigenvalue weighted by atomic mass is 9.95. The minimum atomic E-state index is -3.66. The van der Waals surface area contributed by atoms with Gasteiger partial charge in [-0.15, -0.1) is 0 Å². The zero-order valence-electron chi connectivity index (χ0n) is 21.6. The Morgan fingerprint density at radius 1 is 0.949 bits per heavy atom. The molecule has 3 heterocycles. The van der Waals surface area contributed by atoms with Gasteiger partial charge in [-0.25, -0.2) is 12.8 Å². The first-order valence-corrected chi connectivity index (χ1v) is 14.7. The number of likely N-dealkylation sites (tertiary alicyclic amines) is 1. The molecule has 0 aromatic heterocycles. The van der Waals surface area contributed by atoms with Crippen LogP contribution in [-0.2, 0) is 24.3 Å². The van der Waals surface area contributed by atoms with Crippen molar-refractivity contribution < 1.29 is 32.2 Å². The second kappa shape index (κ2) is 11.5. The largest absolute Gasteiger partial charge is 0.507 e. The van der Waals surface area contributed by atoms with Crippen molar-refractivity contribution >= 4 is 27.5 Å². The van der Waals surface area contributed by atoms with Gasteiger partial charge in [-0.3, -0.25) is 14.5 Å². The number of halogens is 1. The van der Waals surface area contributed by atoms with Gasteiger partial charge in [0.05, 0.1) is 29.7 Å². The Hall–Kier alpha value is -3.12. The zero-order chi connectivity index (χ0) is 27.6. The van der Waals surface area contributed by atoms with E-state index in [0.29, 0.717) is 39.3 Å². The second-order valence-corrected chi connectivity index (χ2v) is 11.9. The third-order valence-electron chi connectivity index (χ3n) is 7.55. The Bertz CT molecular complexity index is 1370. The summed E-state index contributed by atoms with van der Waals surface area (Å²) in [6, 6.07) is 10.3. The molecule has 1 atom stereocenters. The van der Waals surface area contributed by atoms with Gasteiger partial charge in [0.15, 0.2) is 0 Å². The molecular weight excluding hydrogens is 525 g/mol. The van der Waals surface area contributed by atoms with Crippen molar-refractivity contribution in [1.29, 1.82) is 0 Å². The molecule has 208 valence electrons. The highest BCUT2D eigenvalue weighted by Gasteiger charge is 2.46. The van der Waals surface area contributed by atoms with E-state index < -0.39 is 39.3 Å². The summed E-state index contributed by atoms with van der Waals surface area (Å²) in [6.07, 6.45) is 2.17. The first kappa shape index (κ1) is 27.4. The Kier molecular flexibility index (Phi) is 8.13. The second-order valence-electron chi connectivity index (χ2n) is 9.96. The maximum Gasteiger partial charge on any atom is 0.295 e. The number of Topliss-reactive ketones (excluding diaryl/α,β-unsaturated/α-hetero) is 1. The molecule has 0 radical (unpaired) electrons. The van der Waals surface area contributed by atoms with Crippen LogP contribution < -0.4 is 0 Å². The van der Waals surface area contributed by atoms with E-state index in [0.717, 1.165) is 25.9 Å². The highest BCUT2D eigenvalue weighted by Crippen LogP contribution is 2.40. The van der Waals surface area contributed by atoms with Crippen molar-refractivity contribution in [3.63, 3.8) is 0 Å². The van der Waals surface area contributed by atoms with E-state index in [4.69, 9.17) is 4.74 Å². The van der Waals surface area contributed by atoms with Gasteiger partial charge < -0.3 is 14.7 Å². The number of carbonyl (C=O) groups excluding carboxylic acids is 2. The van der Waals surface area contributed by atoms with Crippen molar-refractivity contribution in [2.24, 2.45) is 0 Å². The number of nitrogens with zero attached hydrogens (tertiary/aromatic N) is 3. The van der Waals surface area contributed by atoms with E-state index in [2.05, 4.69) is 4.90 Å². The van der Waals surface area contributed by atoms with E-state index >= 15 is 4.39 Å². The van der Waals surface area contributed by atoms with Crippen LogP contribution >= 0.6 is 0 Å². The van der Waals surface area contributed by atoms with Crippen LogP contribution in [0.5, 0.6) is 0 Å². The van der Waals surface area contributed by atoms with Crippen molar-refractivity contribution in [1.82, 2.24) is 14.1 Å². The van der Waals surface area contributed by atoms with Gasteiger partial charge in [0, 0.05) is 50.4 Å². The highest BCUT2D eigenvalue weighted by atomic mass is 32.2. The summed E-state index contributed by atoms with van der Waals surface area (Å²) in [5, 5.41) is 11.3. The quantitative estimate of drug-likeness (QED) is 0.302. The number of hydrogen-bond donors (Lipinski definition) is 1. The third-order valence-corrected chi connectivity index (χ3v) is 9.46. The molecule has 1 N–H and O–H groups in total. The SMILES string of the molecule is O=C1C(=O)N(CCCN2CCOCC2)C(c2ccccc2F)C1=C(O)c1ccc(S(=O)(=O)N2CCCC2)cc1. The fourth-order valence-corrected chi connectivity index (χ4v) is 6.96. The maximum atomic E-state index is 15.0. The van der Waals surface area contributed by atoms with Crippen molar-refractivity contribution in [2.45, 2.75) is 30.2 Å². The van der Waals surface area contributed by atoms with Gasteiger partial charge in [-0.1, -0.05) is 18.2 Å². The number of amides is 1. The normalized spacial score (nSPS) is 22.6. The van der Waals surface area contributed by atoms with Gasteiger partial charge in [0.25, 0.3) is 11.7 Å². The smallest absolute Gasteiger partial charge is 0.295 e. The molecule has 2 aromatic carbocycles. The van der Waals surface area contributed by atoms with Crippen LogP contribution in [-0.4, -0.2) is 91.8 Å². The summed E-state index contributed by atoms with van der Waals surface area (Å²) in [4.78, 5) is 30.0. The van der Waals surface area contributed by atoms with E-state index in [9.17, 15) is 23.1 Å². The fourth-order valence-electron chi connectivity index (χ4n) is 5.44. The van der Waals surface area contributed by atoms with Gasteiger partial charge in [-0.2, -0.15) is 4.31 Å². The number of sulfonamides is 1. The number of morpholine rings is 1. The summed E-state index contributed by atoms with van der Waals surface area (Å²) in [6.45, 7) is 4.63. The van der Waals surface area contributed by atoms with Gasteiger partial charge in [0.1, 0.15) is 11.6 Å². The van der Waals surface area contributed by atoms with E-state index in [-0.39, 0.29) is 28.1 Å². The molecular formula is C28H32FN3O6S. The number of aliphatic hydroxyl groups excluding tert-OH is 1. The predicted molar refractivity (Wildman–Crippen MR) is 142 cm³/mol. The summed E-state index contributed by atoms with van der Waals surface area (Å²) < 4.78 is 47.6. The highest BCUT2D eigenvalue weighted by molar-refractivity contribution is 7.89. The molecule has 3 fully saturated rings. The molecule has 0 aliphatic carbocycles. The number of ketones is 1. The Morgan fingerprint density at radius 3 is 2.28 bits per heavy atom. The van der Waals surface area contributed by atoms with Crippen LogP contribution in [0.2, 0.25) is 0 Å². The topological polar surface area (TPSA) is 107 Å². The Balaban J connectivity index is 1.46. The summed E-state index contributed by atoms with van der Waals surface area (Å²) in [5.74, 6) is -2.77. The number of benzene rings is 2. The fraction of sp³-hybridized carbons (Fsp3) is 0.429. The molecule has 0 bridgehead atoms. The number of aliphatic hydroxyl groups is 1. The van der Waals surface area contributed by atoms with Crippen LogP contribution in [0.15, 0.2) is 59.0 Å². The van der Waals surface area contributed by atoms with Crippen LogP contribution in [0.25, 0.3) is 5.76 Å². The summed E-state index contributed by atoms with van der Waals surface area (Å²) in [7, 11) is -3.66. The van der Waals surface area contributed by atoms with Crippen LogP contribution in [0, 0.1) is 5.82 Å². The molecule has 5 rings (SSSR count). The number of carbonyl (C=O) groups is 2. The first-order valence-electron chi connectivity index (χ1n) is 13.2. The molecule has 3 saturated heterocycles. The van der Waals surface area contributed by atoms with E-state index in [1.807, 2.05) is 0 Å². The van der Waals surface area contributed by atoms with Crippen molar-refractivity contribution in [2.75, 3.05) is 52.5 Å². The van der Waals surface area contributed by atoms with Crippen LogP contribution in [0.3, 0.4) is 0 Å². The van der Waals surface area contributed by atoms with Gasteiger partial charge in [-0.05, 0) is 49.6 Å². The number of rotatable bonds is 8. The molecule has 0 spiro atoms. The lowest BCUT2D eigenvalue weighted by molar-refractivity contribution is -0.140. The molecule has 3 aliphatic heterocycles. The molecule has 11 heteroatoms. The van der Waals surface area contributed by atoms with Crippen molar-refractivity contribution in [3.05, 3.63) is 71.0 Å². The van der Waals surface area contributed by atoms with Crippen LogP contribution in [0.1, 0.15) is 36.4 Å². The average molecular weight is 558 g/mol. The lowest BCUT2D eigenvalue weighted by Crippen LogP contribution is -2.39. The number of ether oxygens (including phenoxy) is 1. The Labute approximate surface area is 227 Å². The molecule has 0 saturated carbocycles. The maximum absolute atomic E-state index is 15.0. The van der Waals surface area contributed by atoms with Crippen LogP contribution in [0.4, 0.5) is 4.39 Å². The first-order chi connectivity index (χ1) is 18.8. The molecule has 1 amide bonds. The molecule has 1 unspecified atom stereocenters. The number of hydrogen-bond acceptors (Lipinski definition) is 7. The lowest BCUT2D eigenvalue weighted by Gasteiger charge is -2.29. The minimum Gasteiger partial charge on any atom is -0.507 e. The standard InChI is InChI=1S/C28H32FN3O6S/c29-23-7-2-1-6-22(23)25-24(27(34)28(35)32(25)15-5-12-30-16-18-38-19-17-30)26(33)20-8-10-21(11-9-20)39(36,37)31-13-3-4-14-31/h1-2,6-11,25,33H,3-5,12-19H2. The average Bonchev–Trinajstić information content (AvgIpc) is 3.58. The zero-order valence-corrected chi connectivity index (χ0v) is 22.4. The minimum absolute atomic E-state index is 0.0789. The van der Waals surface area contributed by atoms with E-state index in [1.165, 1.54) is 51.7 Å². The van der Waals surface area contributed by atoms with Gasteiger partial charge in [0.2, 0.25) is 10.0 Å². The predicted octanol–water partition coefficient (Wildman–Crippen LogP) is 2.75. The molecule has 2 aromatic rings. The third kappa shape index (κ3) is 5.49. The molecule has 9 nitrogen and oxygen atoms in total. The van der Waals surface area contributed by atoms with E-state index in [1.54, 1.807) is 6.07 Å². The monoisotopic (exact) mass is 557 g/mol. The summed E-state index contributed by atoms with van der Waals surface area (Å²) >= 11 is 0.